The van der Waals surface area contributed by atoms with E-state index in [1.165, 1.54) is 12.8 Å². The Morgan fingerprint density at radius 2 is 1.92 bits per heavy atom. The van der Waals surface area contributed by atoms with Gasteiger partial charge in [-0.25, -0.2) is 0 Å². The first-order valence-corrected chi connectivity index (χ1v) is 8.40. The van der Waals surface area contributed by atoms with E-state index in [1.54, 1.807) is 0 Å². The van der Waals surface area contributed by atoms with E-state index < -0.39 is 0 Å². The summed E-state index contributed by atoms with van der Waals surface area (Å²) in [5, 5.41) is 13.7. The molecule has 0 aromatic heterocycles. The molecule has 0 amide bonds. The maximum absolute atomic E-state index is 10.5. The Balaban J connectivity index is 0.00000144. The average Bonchev–Trinajstić information content (AvgIpc) is 2.52. The van der Waals surface area contributed by atoms with Crippen molar-refractivity contribution in [3.63, 3.8) is 0 Å². The van der Waals surface area contributed by atoms with Crippen LogP contribution in [0.2, 0.25) is 0 Å². The Hall–Kier alpha value is -0.140. The molecule has 2 atom stereocenters. The summed E-state index contributed by atoms with van der Waals surface area (Å²) in [6.45, 7) is 5.06. The molecule has 2 heterocycles. The van der Waals surface area contributed by atoms with Crippen LogP contribution in [0.3, 0.4) is 0 Å². The summed E-state index contributed by atoms with van der Waals surface area (Å²) in [6.07, 6.45) is 3.50. The molecule has 0 bridgehead atoms. The van der Waals surface area contributed by atoms with Crippen molar-refractivity contribution in [1.82, 2.24) is 10.2 Å². The molecule has 3 rings (SSSR count). The van der Waals surface area contributed by atoms with Gasteiger partial charge in [-0.2, -0.15) is 0 Å². The molecule has 0 saturated carbocycles. The lowest BCUT2D eigenvalue weighted by molar-refractivity contribution is -0.0658. The Labute approximate surface area is 166 Å². The summed E-state index contributed by atoms with van der Waals surface area (Å²) < 4.78 is 6.43. The number of benzene rings is 1. The summed E-state index contributed by atoms with van der Waals surface area (Å²) in [7, 11) is 4.14. The molecule has 2 N–H and O–H groups in total. The molecule has 1 fully saturated rings. The summed E-state index contributed by atoms with van der Waals surface area (Å²) >= 11 is 0. The van der Waals surface area contributed by atoms with Crippen LogP contribution in [0.4, 0.5) is 0 Å². The third-order valence-corrected chi connectivity index (χ3v) is 5.29. The molecule has 1 saturated heterocycles. The van der Waals surface area contributed by atoms with Crippen molar-refractivity contribution in [1.29, 1.82) is 0 Å². The molecule has 0 radical (unpaired) electrons. The molecule has 0 spiro atoms. The minimum Gasteiger partial charge on any atom is -0.507 e. The van der Waals surface area contributed by atoms with Gasteiger partial charge in [0.2, 0.25) is 0 Å². The number of aryl methyl sites for hydroxylation is 1. The van der Waals surface area contributed by atoms with Crippen LogP contribution in [0, 0.1) is 12.8 Å². The highest BCUT2D eigenvalue weighted by Crippen LogP contribution is 2.40. The van der Waals surface area contributed by atoms with Crippen molar-refractivity contribution in [3.05, 3.63) is 28.8 Å². The monoisotopic (exact) mass is 464 g/mol. The summed E-state index contributed by atoms with van der Waals surface area (Å²) in [5.41, 5.74) is 3.23. The van der Waals surface area contributed by atoms with Crippen LogP contribution < -0.4 is 5.32 Å². The number of phenolic OH excluding ortho intramolecular Hbond substituents is 1. The number of aromatic hydroxyl groups is 1. The lowest BCUT2D eigenvalue weighted by Gasteiger charge is -2.40. The van der Waals surface area contributed by atoms with Gasteiger partial charge < -0.3 is 20.1 Å². The van der Waals surface area contributed by atoms with Gasteiger partial charge >= 0.3 is 0 Å². The topological polar surface area (TPSA) is 44.7 Å². The van der Waals surface area contributed by atoms with E-state index in [9.17, 15) is 5.11 Å². The zero-order chi connectivity index (χ0) is 15.7. The van der Waals surface area contributed by atoms with E-state index in [1.807, 2.05) is 20.0 Å². The zero-order valence-corrected chi connectivity index (χ0v) is 18.2. The highest BCUT2D eigenvalue weighted by molar-refractivity contribution is 8.93. The Kier molecular flexibility index (Phi) is 8.70. The fourth-order valence-electron chi connectivity index (χ4n) is 3.84. The van der Waals surface area contributed by atoms with Crippen LogP contribution in [-0.4, -0.2) is 49.8 Å². The lowest BCUT2D eigenvalue weighted by atomic mass is 9.83. The third-order valence-electron chi connectivity index (χ3n) is 5.29. The Morgan fingerprint density at radius 3 is 2.54 bits per heavy atom. The molecule has 138 valence electrons. The van der Waals surface area contributed by atoms with Crippen molar-refractivity contribution in [2.24, 2.45) is 5.92 Å². The lowest BCUT2D eigenvalue weighted by Crippen LogP contribution is -2.41. The van der Waals surface area contributed by atoms with Crippen LogP contribution in [0.5, 0.6) is 5.75 Å². The number of halogens is 2. The van der Waals surface area contributed by atoms with E-state index in [4.69, 9.17) is 4.74 Å². The molecule has 0 aliphatic carbocycles. The number of likely N-dealkylation sites (N-methyl/N-ethyl adjacent to an activating group) is 1. The van der Waals surface area contributed by atoms with E-state index in [2.05, 4.69) is 23.3 Å². The van der Waals surface area contributed by atoms with Crippen LogP contribution in [0.15, 0.2) is 12.1 Å². The van der Waals surface area contributed by atoms with E-state index >= 15 is 0 Å². The molecule has 1 aromatic carbocycles. The van der Waals surface area contributed by atoms with Gasteiger partial charge in [-0.15, -0.1) is 34.0 Å². The number of nitrogens with zero attached hydrogens (tertiary/aromatic N) is 1. The minimum absolute atomic E-state index is 0. The first-order chi connectivity index (χ1) is 10.6. The molecule has 4 nitrogen and oxygen atoms in total. The minimum atomic E-state index is 0. The predicted molar refractivity (Wildman–Crippen MR) is 109 cm³/mol. The molecule has 6 heteroatoms. The Bertz CT molecular complexity index is 534. The number of ether oxygens (including phenoxy) is 1. The quantitative estimate of drug-likeness (QED) is 0.717. The fraction of sp³-hybridized carbons (Fsp3) is 0.667. The smallest absolute Gasteiger partial charge is 0.122 e. The largest absolute Gasteiger partial charge is 0.507 e. The molecule has 2 aliphatic rings. The van der Waals surface area contributed by atoms with Gasteiger partial charge in [0.15, 0.2) is 0 Å². The van der Waals surface area contributed by atoms with Crippen molar-refractivity contribution >= 4 is 34.0 Å². The van der Waals surface area contributed by atoms with E-state index in [0.29, 0.717) is 11.7 Å². The van der Waals surface area contributed by atoms with Gasteiger partial charge in [-0.3, -0.25) is 0 Å². The molecule has 2 aliphatic heterocycles. The van der Waals surface area contributed by atoms with Gasteiger partial charge in [-0.1, -0.05) is 12.1 Å². The van der Waals surface area contributed by atoms with Crippen LogP contribution >= 0.6 is 34.0 Å². The van der Waals surface area contributed by atoms with E-state index in [-0.39, 0.29) is 46.2 Å². The Morgan fingerprint density at radius 1 is 1.25 bits per heavy atom. The van der Waals surface area contributed by atoms with Crippen molar-refractivity contribution in [3.8, 4) is 5.75 Å². The zero-order valence-electron chi connectivity index (χ0n) is 14.7. The van der Waals surface area contributed by atoms with Gasteiger partial charge in [0.05, 0.1) is 12.2 Å². The highest BCUT2D eigenvalue weighted by Gasteiger charge is 2.35. The van der Waals surface area contributed by atoms with Crippen molar-refractivity contribution < 1.29 is 9.84 Å². The molecular formula is C18H30Br2N2O2. The summed E-state index contributed by atoms with van der Waals surface area (Å²) in [4.78, 5) is 2.39. The maximum Gasteiger partial charge on any atom is 0.122 e. The SMILES string of the molecule is Br.Br.CNC[C@@H]1O[C@H](C2CCN(C)CC2)Cc2c1ccc(C)c2O. The first kappa shape index (κ1) is 21.9. The number of likely N-dealkylation sites (tertiary alicyclic amines) is 1. The molecule has 0 unspecified atom stereocenters. The average molecular weight is 466 g/mol. The van der Waals surface area contributed by atoms with Gasteiger partial charge in [-0.05, 0) is 64.0 Å². The highest BCUT2D eigenvalue weighted by atomic mass is 79.9. The second-order valence-corrected chi connectivity index (χ2v) is 6.86. The molecule has 1 aromatic rings. The van der Waals surface area contributed by atoms with Crippen LogP contribution in [0.1, 0.15) is 35.6 Å². The third kappa shape index (κ3) is 4.52. The normalized spacial score (nSPS) is 24.6. The second kappa shape index (κ2) is 9.53. The van der Waals surface area contributed by atoms with Crippen LogP contribution in [-0.2, 0) is 11.2 Å². The molecular weight excluding hydrogens is 436 g/mol. The van der Waals surface area contributed by atoms with Crippen molar-refractivity contribution in [2.75, 3.05) is 33.7 Å². The number of piperidine rings is 1. The van der Waals surface area contributed by atoms with Crippen LogP contribution in [0.25, 0.3) is 0 Å². The molecule has 24 heavy (non-hydrogen) atoms. The number of nitrogens with one attached hydrogen (secondary N) is 1. The number of hydrogen-bond acceptors (Lipinski definition) is 4. The number of rotatable bonds is 3. The summed E-state index contributed by atoms with van der Waals surface area (Å²) in [6, 6.07) is 4.12. The number of fused-ring (bicyclic) bond motifs is 1. The van der Waals surface area contributed by atoms with E-state index in [0.717, 1.165) is 42.7 Å². The van der Waals surface area contributed by atoms with Gasteiger partial charge in [0, 0.05) is 18.5 Å². The number of hydrogen-bond donors (Lipinski definition) is 2. The standard InChI is InChI=1S/C18H28N2O2.2BrH/c1-12-4-5-14-15(18(12)21)10-16(22-17(14)11-19-2)13-6-8-20(3)9-7-13;;/h4-5,13,16-17,19,21H,6-11H2,1-3H3;2*1H/t16-,17-;;/m0../s1. The van der Waals surface area contributed by atoms with Crippen molar-refractivity contribution in [2.45, 2.75) is 38.4 Å². The predicted octanol–water partition coefficient (Wildman–Crippen LogP) is 3.40. The summed E-state index contributed by atoms with van der Waals surface area (Å²) in [5.74, 6) is 1.07. The fourth-order valence-corrected chi connectivity index (χ4v) is 3.84. The second-order valence-electron chi connectivity index (χ2n) is 6.86. The first-order valence-electron chi connectivity index (χ1n) is 8.40. The maximum atomic E-state index is 10.5. The number of phenols is 1. The van der Waals surface area contributed by atoms with Gasteiger partial charge in [0.25, 0.3) is 0 Å². The van der Waals surface area contributed by atoms with Gasteiger partial charge in [0.1, 0.15) is 5.75 Å².